The molecule has 0 aromatic heterocycles. The minimum Gasteiger partial charge on any atom is -0.481 e. The minimum atomic E-state index is -1.18. The number of carbonyl (C=O) groups is 6. The lowest BCUT2D eigenvalue weighted by atomic mass is 10.1. The fourth-order valence-electron chi connectivity index (χ4n) is 3.24. The van der Waals surface area contributed by atoms with E-state index in [0.29, 0.717) is 51.5 Å². The maximum Gasteiger partial charge on any atom is 0.305 e. The summed E-state index contributed by atoms with van der Waals surface area (Å²) in [6.07, 6.45) is 8.20. The highest BCUT2D eigenvalue weighted by Gasteiger charge is 2.24. The molecule has 0 saturated carbocycles. The van der Waals surface area contributed by atoms with Gasteiger partial charge in [0.25, 0.3) is 0 Å². The molecule has 4 amide bonds. The molecule has 3 atom stereocenters. The van der Waals surface area contributed by atoms with Crippen LogP contribution >= 0.6 is 0 Å². The molecule has 0 aromatic rings. The summed E-state index contributed by atoms with van der Waals surface area (Å²) in [6.45, 7) is 0.575. The largest absolute Gasteiger partial charge is 0.481 e. The molecule has 7 N–H and O–H groups in total. The summed E-state index contributed by atoms with van der Waals surface area (Å²) in [6, 6.07) is -2.72. The summed E-state index contributed by atoms with van der Waals surface area (Å²) in [5.41, 5.74) is 0. The normalized spacial score (nSPS) is 12.8. The van der Waals surface area contributed by atoms with Gasteiger partial charge in [0.15, 0.2) is 0 Å². The van der Waals surface area contributed by atoms with Crippen LogP contribution in [-0.2, 0) is 28.8 Å². The molecule has 0 aliphatic rings. The van der Waals surface area contributed by atoms with Gasteiger partial charge in [0.2, 0.25) is 23.6 Å². The van der Waals surface area contributed by atoms with Gasteiger partial charge in [-0.05, 0) is 52.7 Å². The highest BCUT2D eigenvalue weighted by atomic mass is 16.4. The molecule has 0 aliphatic carbocycles. The number of aliphatic carboxylic acids is 1. The Labute approximate surface area is 217 Å². The third kappa shape index (κ3) is 16.7. The zero-order valence-electron chi connectivity index (χ0n) is 21.6. The van der Waals surface area contributed by atoms with Crippen molar-refractivity contribution < 1.29 is 33.9 Å². The van der Waals surface area contributed by atoms with Crippen LogP contribution < -0.4 is 31.9 Å². The van der Waals surface area contributed by atoms with Gasteiger partial charge in [-0.25, -0.2) is 0 Å². The first-order valence-corrected chi connectivity index (χ1v) is 12.2. The number of unbranched alkanes of at least 4 members (excludes halogenated alkanes) is 1. The van der Waals surface area contributed by atoms with Crippen LogP contribution in [0.5, 0.6) is 0 Å². The van der Waals surface area contributed by atoms with Gasteiger partial charge >= 0.3 is 5.97 Å². The third-order valence-electron chi connectivity index (χ3n) is 5.29. The van der Waals surface area contributed by atoms with Gasteiger partial charge in [-0.15, -0.1) is 12.3 Å². The average molecular weight is 525 g/mol. The average Bonchev–Trinajstić information content (AvgIpc) is 2.87. The lowest BCUT2D eigenvalue weighted by Gasteiger charge is -2.21. The second kappa shape index (κ2) is 20.7. The first-order valence-electron chi connectivity index (χ1n) is 12.2. The van der Waals surface area contributed by atoms with Crippen molar-refractivity contribution in [3.63, 3.8) is 0 Å². The van der Waals surface area contributed by atoms with Crippen LogP contribution in [0.25, 0.3) is 0 Å². The molecule has 0 bridgehead atoms. The molecule has 0 radical (unpaired) electrons. The Hall–Kier alpha value is -3.50. The molecule has 208 valence electrons. The molecule has 0 rings (SSSR count). The molecule has 13 heteroatoms. The SMILES string of the molecule is C#CCCC(=O)NCCCCC(NC(=O)CNC(=O)C(CC(=O)O)NC)C(=O)NC(C=O)CCCNC. The number of rotatable bonds is 21. The van der Waals surface area contributed by atoms with Gasteiger partial charge in [-0.2, -0.15) is 0 Å². The summed E-state index contributed by atoms with van der Waals surface area (Å²) >= 11 is 0. The lowest BCUT2D eigenvalue weighted by Crippen LogP contribution is -2.53. The van der Waals surface area contributed by atoms with E-state index in [0.717, 1.165) is 0 Å². The maximum atomic E-state index is 12.8. The van der Waals surface area contributed by atoms with Crippen LogP contribution in [0.2, 0.25) is 0 Å². The highest BCUT2D eigenvalue weighted by Crippen LogP contribution is 2.04. The Morgan fingerprint density at radius 3 is 2.22 bits per heavy atom. The molecular formula is C24H40N6O7. The molecule has 13 nitrogen and oxygen atoms in total. The number of aldehydes is 1. The number of nitrogens with one attached hydrogen (secondary N) is 6. The van der Waals surface area contributed by atoms with Crippen LogP contribution in [0.4, 0.5) is 0 Å². The van der Waals surface area contributed by atoms with Crippen LogP contribution in [0.1, 0.15) is 51.4 Å². The Kier molecular flexibility index (Phi) is 18.7. The number of carbonyl (C=O) groups excluding carboxylic acids is 5. The van der Waals surface area contributed by atoms with Crippen LogP contribution in [0.15, 0.2) is 0 Å². The number of hydrogen-bond donors (Lipinski definition) is 7. The van der Waals surface area contributed by atoms with Gasteiger partial charge < -0.3 is 41.8 Å². The van der Waals surface area contributed by atoms with Crippen molar-refractivity contribution in [2.45, 2.75) is 69.5 Å². The summed E-state index contributed by atoms with van der Waals surface area (Å²) in [7, 11) is 3.20. The van der Waals surface area contributed by atoms with Crippen molar-refractivity contribution in [2.24, 2.45) is 0 Å². The standard InChI is InChI=1S/C24H40N6O7/c1-4-5-11-20(32)27-13-7-6-10-18(24(37)29-17(16-31)9-8-12-25-2)30-21(33)15-28-23(36)19(26-3)14-22(34)35/h1,16-19,25-26H,5-15H2,2-3H3,(H,27,32)(H,28,36)(H,29,37)(H,30,33)(H,34,35). The number of hydrogen-bond acceptors (Lipinski definition) is 8. The fourth-order valence-corrected chi connectivity index (χ4v) is 3.24. The van der Waals surface area contributed by atoms with E-state index >= 15 is 0 Å². The van der Waals surface area contributed by atoms with Crippen LogP contribution in [0.3, 0.4) is 0 Å². The third-order valence-corrected chi connectivity index (χ3v) is 5.29. The van der Waals surface area contributed by atoms with Gasteiger partial charge in [0, 0.05) is 19.4 Å². The quantitative estimate of drug-likeness (QED) is 0.0506. The van der Waals surface area contributed by atoms with E-state index in [1.165, 1.54) is 7.05 Å². The molecule has 3 unspecified atom stereocenters. The van der Waals surface area contributed by atoms with Crippen molar-refractivity contribution in [2.75, 3.05) is 33.7 Å². The Bertz CT molecular complexity index is 799. The van der Waals surface area contributed by atoms with Crippen LogP contribution in [-0.4, -0.2) is 92.8 Å². The smallest absolute Gasteiger partial charge is 0.305 e. The number of carboxylic acid groups (broad SMARTS) is 1. The Morgan fingerprint density at radius 2 is 1.62 bits per heavy atom. The second-order valence-electron chi connectivity index (χ2n) is 8.32. The number of carboxylic acids is 1. The van der Waals surface area contributed by atoms with Gasteiger partial charge in [-0.3, -0.25) is 24.0 Å². The first kappa shape index (κ1) is 33.5. The first-order chi connectivity index (χ1) is 17.7. The van der Waals surface area contributed by atoms with E-state index in [9.17, 15) is 28.8 Å². The molecule has 0 saturated heterocycles. The van der Waals surface area contributed by atoms with Gasteiger partial charge in [0.1, 0.15) is 12.3 Å². The monoisotopic (exact) mass is 524 g/mol. The lowest BCUT2D eigenvalue weighted by molar-refractivity contribution is -0.140. The van der Waals surface area contributed by atoms with Crippen molar-refractivity contribution in [1.29, 1.82) is 0 Å². The molecular weight excluding hydrogens is 484 g/mol. The minimum absolute atomic E-state index is 0.172. The summed E-state index contributed by atoms with van der Waals surface area (Å²) < 4.78 is 0. The predicted octanol–water partition coefficient (Wildman–Crippen LogP) is -1.97. The Morgan fingerprint density at radius 1 is 0.892 bits per heavy atom. The summed E-state index contributed by atoms with van der Waals surface area (Å²) in [5, 5.41) is 24.6. The van der Waals surface area contributed by atoms with Crippen molar-refractivity contribution in [1.82, 2.24) is 31.9 Å². The van der Waals surface area contributed by atoms with Crippen molar-refractivity contribution >= 4 is 35.9 Å². The van der Waals surface area contributed by atoms with Crippen LogP contribution in [0, 0.1) is 12.3 Å². The number of likely N-dealkylation sites (N-methyl/N-ethyl adjacent to an activating group) is 1. The molecule has 0 aliphatic heterocycles. The van der Waals surface area contributed by atoms with Gasteiger partial charge in [0.05, 0.1) is 25.0 Å². The maximum absolute atomic E-state index is 12.8. The molecule has 37 heavy (non-hydrogen) atoms. The Balaban J connectivity index is 4.97. The zero-order valence-corrected chi connectivity index (χ0v) is 21.6. The van der Waals surface area contributed by atoms with E-state index in [1.807, 2.05) is 0 Å². The zero-order chi connectivity index (χ0) is 28.1. The highest BCUT2D eigenvalue weighted by molar-refractivity contribution is 5.92. The fraction of sp³-hybridized carbons (Fsp3) is 0.667. The predicted molar refractivity (Wildman–Crippen MR) is 136 cm³/mol. The van der Waals surface area contributed by atoms with E-state index in [-0.39, 0.29) is 18.7 Å². The van der Waals surface area contributed by atoms with E-state index in [1.54, 1.807) is 7.05 Å². The van der Waals surface area contributed by atoms with Crippen molar-refractivity contribution in [3.05, 3.63) is 0 Å². The van der Waals surface area contributed by atoms with Crippen molar-refractivity contribution in [3.8, 4) is 12.3 Å². The van der Waals surface area contributed by atoms with Gasteiger partial charge in [-0.1, -0.05) is 0 Å². The second-order valence-corrected chi connectivity index (χ2v) is 8.32. The van der Waals surface area contributed by atoms with E-state index in [4.69, 9.17) is 11.5 Å². The molecule has 0 aromatic carbocycles. The number of terminal acetylenes is 1. The van der Waals surface area contributed by atoms with E-state index in [2.05, 4.69) is 37.8 Å². The number of amides is 4. The molecule has 0 fully saturated rings. The molecule has 0 heterocycles. The summed E-state index contributed by atoms with van der Waals surface area (Å²) in [4.78, 5) is 71.3. The molecule has 0 spiro atoms. The summed E-state index contributed by atoms with van der Waals surface area (Å²) in [5.74, 6) is -0.834. The topological polar surface area (TPSA) is 195 Å². The van der Waals surface area contributed by atoms with E-state index < -0.39 is 54.8 Å².